The Morgan fingerprint density at radius 1 is 1.11 bits per heavy atom. The van der Waals surface area contributed by atoms with Gasteiger partial charge in [-0.25, -0.2) is 0 Å². The van der Waals surface area contributed by atoms with Crippen LogP contribution in [0.1, 0.15) is 24.8 Å². The third kappa shape index (κ3) is 4.33. The summed E-state index contributed by atoms with van der Waals surface area (Å²) in [5.41, 5.74) is 2.37. The van der Waals surface area contributed by atoms with E-state index in [4.69, 9.17) is 4.74 Å². The van der Waals surface area contributed by atoms with Gasteiger partial charge in [0.1, 0.15) is 5.75 Å². The number of H-pyrrole nitrogens is 1. The number of aromatic nitrogens is 1. The van der Waals surface area contributed by atoms with Crippen molar-refractivity contribution in [3.05, 3.63) is 66.4 Å². The molecule has 1 aromatic heterocycles. The molecular formula is C23H26N2O2. The van der Waals surface area contributed by atoms with Crippen molar-refractivity contribution in [1.29, 1.82) is 0 Å². The maximum absolute atomic E-state index is 12.6. The molecule has 2 heterocycles. The third-order valence-corrected chi connectivity index (χ3v) is 5.46. The number of nitrogens with one attached hydrogen (secondary N) is 1. The number of amides is 1. The van der Waals surface area contributed by atoms with Crippen LogP contribution in [0.4, 0.5) is 0 Å². The predicted molar refractivity (Wildman–Crippen MR) is 108 cm³/mol. The van der Waals surface area contributed by atoms with Crippen LogP contribution in [0.2, 0.25) is 0 Å². The van der Waals surface area contributed by atoms with Gasteiger partial charge in [0.15, 0.2) is 0 Å². The van der Waals surface area contributed by atoms with Crippen LogP contribution in [0.25, 0.3) is 10.9 Å². The molecule has 0 bridgehead atoms. The first-order valence-corrected chi connectivity index (χ1v) is 9.80. The minimum Gasteiger partial charge on any atom is -0.494 e. The van der Waals surface area contributed by atoms with Crippen LogP contribution in [-0.4, -0.2) is 35.5 Å². The number of hydrogen-bond donors (Lipinski definition) is 1. The molecule has 1 aliphatic heterocycles. The zero-order valence-electron chi connectivity index (χ0n) is 15.6. The van der Waals surface area contributed by atoms with E-state index in [1.807, 2.05) is 53.6 Å². The van der Waals surface area contributed by atoms with Crippen molar-refractivity contribution in [3.63, 3.8) is 0 Å². The second kappa shape index (κ2) is 8.30. The number of nitrogens with zero attached hydrogens (tertiary/aromatic N) is 1. The summed E-state index contributed by atoms with van der Waals surface area (Å²) in [4.78, 5) is 17.9. The molecule has 0 radical (unpaired) electrons. The number of aryl methyl sites for hydroxylation is 1. The molecule has 1 atom stereocenters. The van der Waals surface area contributed by atoms with Gasteiger partial charge in [-0.15, -0.1) is 0 Å². The van der Waals surface area contributed by atoms with E-state index in [0.29, 0.717) is 18.9 Å². The highest BCUT2D eigenvalue weighted by Crippen LogP contribution is 2.23. The molecule has 4 rings (SSSR count). The minimum atomic E-state index is 0.270. The summed E-state index contributed by atoms with van der Waals surface area (Å²) >= 11 is 0. The molecule has 1 aliphatic rings. The zero-order valence-corrected chi connectivity index (χ0v) is 15.6. The van der Waals surface area contributed by atoms with E-state index in [9.17, 15) is 4.79 Å². The molecule has 1 unspecified atom stereocenters. The molecule has 4 nitrogen and oxygen atoms in total. The second-order valence-electron chi connectivity index (χ2n) is 7.30. The number of para-hydroxylation sites is 2. The number of ether oxygens (including phenoxy) is 1. The summed E-state index contributed by atoms with van der Waals surface area (Å²) in [5, 5.41) is 1.22. The molecule has 1 saturated heterocycles. The van der Waals surface area contributed by atoms with Crippen LogP contribution >= 0.6 is 0 Å². The van der Waals surface area contributed by atoms with Crippen LogP contribution in [0.5, 0.6) is 5.75 Å². The van der Waals surface area contributed by atoms with Crippen molar-refractivity contribution < 1.29 is 9.53 Å². The number of benzene rings is 2. The van der Waals surface area contributed by atoms with Crippen molar-refractivity contribution in [1.82, 2.24) is 9.88 Å². The Labute approximate surface area is 160 Å². The van der Waals surface area contributed by atoms with Crippen LogP contribution in [0.3, 0.4) is 0 Å². The average Bonchev–Trinajstić information content (AvgIpc) is 3.34. The van der Waals surface area contributed by atoms with Gasteiger partial charge >= 0.3 is 0 Å². The molecule has 2 aromatic carbocycles. The fraction of sp³-hybridized carbons (Fsp3) is 0.348. The molecule has 0 aliphatic carbocycles. The zero-order chi connectivity index (χ0) is 18.5. The van der Waals surface area contributed by atoms with E-state index >= 15 is 0 Å². The molecule has 27 heavy (non-hydrogen) atoms. The summed E-state index contributed by atoms with van der Waals surface area (Å²) in [6.07, 6.45) is 5.49. The number of rotatable bonds is 7. The number of fused-ring (bicyclic) bond motifs is 1. The maximum Gasteiger partial charge on any atom is 0.222 e. The molecule has 1 amide bonds. The molecule has 140 valence electrons. The van der Waals surface area contributed by atoms with Crippen LogP contribution in [-0.2, 0) is 11.2 Å². The van der Waals surface area contributed by atoms with Gasteiger partial charge in [0, 0.05) is 36.6 Å². The van der Waals surface area contributed by atoms with Crippen molar-refractivity contribution in [3.8, 4) is 5.75 Å². The fourth-order valence-corrected chi connectivity index (χ4v) is 3.89. The van der Waals surface area contributed by atoms with E-state index in [1.54, 1.807) is 0 Å². The largest absolute Gasteiger partial charge is 0.494 e. The SMILES string of the molecule is O=C(CCc1c[nH]c2ccccc12)N1CCC(CCOc2ccccc2)C1. The van der Waals surface area contributed by atoms with Gasteiger partial charge in [0.05, 0.1) is 6.61 Å². The first-order valence-electron chi connectivity index (χ1n) is 9.80. The van der Waals surface area contributed by atoms with Gasteiger partial charge in [-0.1, -0.05) is 36.4 Å². The minimum absolute atomic E-state index is 0.270. The molecule has 4 heteroatoms. The topological polar surface area (TPSA) is 45.3 Å². The highest BCUT2D eigenvalue weighted by Gasteiger charge is 2.25. The molecular weight excluding hydrogens is 336 g/mol. The van der Waals surface area contributed by atoms with Gasteiger partial charge in [0.25, 0.3) is 0 Å². The van der Waals surface area contributed by atoms with Crippen molar-refractivity contribution in [2.75, 3.05) is 19.7 Å². The summed E-state index contributed by atoms with van der Waals surface area (Å²) in [5.74, 6) is 1.74. The molecule has 1 fully saturated rings. The van der Waals surface area contributed by atoms with E-state index in [-0.39, 0.29) is 5.91 Å². The highest BCUT2D eigenvalue weighted by molar-refractivity contribution is 5.84. The summed E-state index contributed by atoms with van der Waals surface area (Å²) < 4.78 is 5.79. The molecule has 0 saturated carbocycles. The Balaban J connectivity index is 1.22. The number of aromatic amines is 1. The Bertz CT molecular complexity index is 888. The van der Waals surface area contributed by atoms with E-state index in [2.05, 4.69) is 17.1 Å². The van der Waals surface area contributed by atoms with Crippen LogP contribution in [0.15, 0.2) is 60.8 Å². The van der Waals surface area contributed by atoms with E-state index in [0.717, 1.165) is 43.6 Å². The summed E-state index contributed by atoms with van der Waals surface area (Å²) in [7, 11) is 0. The highest BCUT2D eigenvalue weighted by atomic mass is 16.5. The Hall–Kier alpha value is -2.75. The number of likely N-dealkylation sites (tertiary alicyclic amines) is 1. The molecule has 3 aromatic rings. The van der Waals surface area contributed by atoms with Crippen LogP contribution < -0.4 is 4.74 Å². The average molecular weight is 362 g/mol. The van der Waals surface area contributed by atoms with Crippen molar-refractivity contribution in [2.24, 2.45) is 5.92 Å². The molecule has 1 N–H and O–H groups in total. The van der Waals surface area contributed by atoms with Gasteiger partial charge in [-0.05, 0) is 48.9 Å². The van der Waals surface area contributed by atoms with E-state index < -0.39 is 0 Å². The number of hydrogen-bond acceptors (Lipinski definition) is 2. The number of carbonyl (C=O) groups excluding carboxylic acids is 1. The lowest BCUT2D eigenvalue weighted by Gasteiger charge is -2.16. The van der Waals surface area contributed by atoms with Gasteiger partial charge in [-0.3, -0.25) is 4.79 Å². The van der Waals surface area contributed by atoms with Gasteiger partial charge in [-0.2, -0.15) is 0 Å². The Morgan fingerprint density at radius 2 is 1.93 bits per heavy atom. The standard InChI is InChI=1S/C23H26N2O2/c26-23(11-10-19-16-24-22-9-5-4-8-21(19)22)25-14-12-18(17-25)13-15-27-20-6-2-1-3-7-20/h1-9,16,18,24H,10-15,17H2. The monoisotopic (exact) mass is 362 g/mol. The van der Waals surface area contributed by atoms with Crippen molar-refractivity contribution in [2.45, 2.75) is 25.7 Å². The smallest absolute Gasteiger partial charge is 0.222 e. The first-order chi connectivity index (χ1) is 13.3. The second-order valence-corrected chi connectivity index (χ2v) is 7.30. The fourth-order valence-electron chi connectivity index (χ4n) is 3.89. The number of carbonyl (C=O) groups is 1. The predicted octanol–water partition coefficient (Wildman–Crippen LogP) is 4.42. The van der Waals surface area contributed by atoms with Crippen molar-refractivity contribution >= 4 is 16.8 Å². The summed E-state index contributed by atoms with van der Waals surface area (Å²) in [6.45, 7) is 2.46. The van der Waals surface area contributed by atoms with Gasteiger partial charge < -0.3 is 14.6 Å². The van der Waals surface area contributed by atoms with Gasteiger partial charge in [0.2, 0.25) is 5.91 Å². The first kappa shape index (κ1) is 17.7. The van der Waals surface area contributed by atoms with E-state index in [1.165, 1.54) is 10.9 Å². The lowest BCUT2D eigenvalue weighted by Crippen LogP contribution is -2.29. The quantitative estimate of drug-likeness (QED) is 0.676. The Kier molecular flexibility index (Phi) is 5.42. The maximum atomic E-state index is 12.6. The van der Waals surface area contributed by atoms with Crippen LogP contribution in [0, 0.1) is 5.92 Å². The Morgan fingerprint density at radius 3 is 2.81 bits per heavy atom. The normalized spacial score (nSPS) is 16.7. The third-order valence-electron chi connectivity index (χ3n) is 5.46. The molecule has 0 spiro atoms. The summed E-state index contributed by atoms with van der Waals surface area (Å²) in [6, 6.07) is 18.2. The lowest BCUT2D eigenvalue weighted by molar-refractivity contribution is -0.130. The lowest BCUT2D eigenvalue weighted by atomic mass is 10.1.